The standard InChI is InChI=1S/C27H27ClN2O6/c28-20-12-9-18(10-13-20)15-16-29-27(35)22(17-31)30-26(34)21-6-2-4-8-24(21)36-23-7-3-1-5-19(23)11-14-25(32)33/h1-10,12-13,22,31H,11,14-17H2,(H,29,35)(H,30,34)(H,32,33)/t22-/m0/s1. The summed E-state index contributed by atoms with van der Waals surface area (Å²) in [5.74, 6) is -1.38. The monoisotopic (exact) mass is 510 g/mol. The number of carboxylic acid groups (broad SMARTS) is 1. The van der Waals surface area contributed by atoms with Crippen LogP contribution in [0.5, 0.6) is 11.5 Å². The normalized spacial score (nSPS) is 11.4. The van der Waals surface area contributed by atoms with E-state index >= 15 is 0 Å². The number of carbonyl (C=O) groups excluding carboxylic acids is 2. The molecule has 0 spiro atoms. The van der Waals surface area contributed by atoms with Crippen LogP contribution >= 0.6 is 11.6 Å². The Morgan fingerprint density at radius 1 is 0.889 bits per heavy atom. The number of ether oxygens (including phenoxy) is 1. The fourth-order valence-electron chi connectivity index (χ4n) is 3.45. The molecule has 4 N–H and O–H groups in total. The lowest BCUT2D eigenvalue weighted by Gasteiger charge is -2.18. The van der Waals surface area contributed by atoms with Gasteiger partial charge in [-0.3, -0.25) is 14.4 Å². The van der Waals surface area contributed by atoms with Gasteiger partial charge >= 0.3 is 5.97 Å². The van der Waals surface area contributed by atoms with Crippen molar-refractivity contribution in [2.75, 3.05) is 13.2 Å². The van der Waals surface area contributed by atoms with Gasteiger partial charge in [0.15, 0.2) is 0 Å². The number of nitrogens with one attached hydrogen (secondary N) is 2. The third-order valence-corrected chi connectivity index (χ3v) is 5.61. The molecular formula is C27H27ClN2O6. The van der Waals surface area contributed by atoms with E-state index in [2.05, 4.69) is 10.6 Å². The number of amides is 2. The Morgan fingerprint density at radius 2 is 1.56 bits per heavy atom. The minimum absolute atomic E-state index is 0.0617. The molecule has 0 fully saturated rings. The number of para-hydroxylation sites is 2. The van der Waals surface area contributed by atoms with Crippen molar-refractivity contribution < 1.29 is 29.3 Å². The minimum atomic E-state index is -1.15. The van der Waals surface area contributed by atoms with E-state index in [1.54, 1.807) is 54.6 Å². The lowest BCUT2D eigenvalue weighted by molar-refractivity contribution is -0.137. The molecule has 0 aliphatic carbocycles. The van der Waals surface area contributed by atoms with Gasteiger partial charge in [-0.15, -0.1) is 0 Å². The number of rotatable bonds is 12. The van der Waals surface area contributed by atoms with Gasteiger partial charge < -0.3 is 25.6 Å². The van der Waals surface area contributed by atoms with Crippen LogP contribution < -0.4 is 15.4 Å². The number of benzene rings is 3. The van der Waals surface area contributed by atoms with Gasteiger partial charge in [-0.05, 0) is 54.3 Å². The molecule has 1 atom stereocenters. The van der Waals surface area contributed by atoms with E-state index in [9.17, 15) is 19.5 Å². The third-order valence-electron chi connectivity index (χ3n) is 5.36. The fourth-order valence-corrected chi connectivity index (χ4v) is 3.57. The first-order chi connectivity index (χ1) is 17.4. The summed E-state index contributed by atoms with van der Waals surface area (Å²) in [5.41, 5.74) is 1.83. The van der Waals surface area contributed by atoms with Crippen molar-refractivity contribution in [3.05, 3.63) is 94.5 Å². The summed E-state index contributed by atoms with van der Waals surface area (Å²) < 4.78 is 5.97. The smallest absolute Gasteiger partial charge is 0.303 e. The highest BCUT2D eigenvalue weighted by Crippen LogP contribution is 2.29. The van der Waals surface area contributed by atoms with Crippen LogP contribution in [0.1, 0.15) is 27.9 Å². The zero-order valence-corrected chi connectivity index (χ0v) is 20.2. The summed E-state index contributed by atoms with van der Waals surface area (Å²) in [4.78, 5) is 36.5. The predicted molar refractivity (Wildman–Crippen MR) is 135 cm³/mol. The van der Waals surface area contributed by atoms with E-state index in [0.717, 1.165) is 5.56 Å². The van der Waals surface area contributed by atoms with Gasteiger partial charge in [0.1, 0.15) is 17.5 Å². The van der Waals surface area contributed by atoms with Crippen molar-refractivity contribution in [2.45, 2.75) is 25.3 Å². The maximum Gasteiger partial charge on any atom is 0.303 e. The molecule has 0 heterocycles. The molecule has 0 aliphatic rings. The first kappa shape index (κ1) is 26.7. The lowest BCUT2D eigenvalue weighted by Crippen LogP contribution is -2.49. The Bertz CT molecular complexity index is 1200. The number of hydrogen-bond donors (Lipinski definition) is 4. The average Bonchev–Trinajstić information content (AvgIpc) is 2.88. The number of aryl methyl sites for hydroxylation is 1. The van der Waals surface area contributed by atoms with E-state index in [1.165, 1.54) is 6.07 Å². The number of hydrogen-bond acceptors (Lipinski definition) is 5. The number of halogens is 1. The number of aliphatic hydroxyl groups excluding tert-OH is 1. The highest BCUT2D eigenvalue weighted by Gasteiger charge is 2.22. The quantitative estimate of drug-likeness (QED) is 0.295. The van der Waals surface area contributed by atoms with E-state index in [-0.39, 0.29) is 24.2 Å². The summed E-state index contributed by atoms with van der Waals surface area (Å²) in [6.45, 7) is -0.265. The van der Waals surface area contributed by atoms with Crippen molar-refractivity contribution in [3.63, 3.8) is 0 Å². The first-order valence-corrected chi connectivity index (χ1v) is 11.8. The molecule has 0 unspecified atom stereocenters. The summed E-state index contributed by atoms with van der Waals surface area (Å²) in [6.07, 6.45) is 0.767. The van der Waals surface area contributed by atoms with Crippen LogP contribution in [0, 0.1) is 0 Å². The second-order valence-corrected chi connectivity index (χ2v) is 8.41. The van der Waals surface area contributed by atoms with Crippen LogP contribution in [0.4, 0.5) is 0 Å². The largest absolute Gasteiger partial charge is 0.481 e. The summed E-state index contributed by atoms with van der Waals surface area (Å²) in [5, 5.41) is 24.6. The fraction of sp³-hybridized carbons (Fsp3) is 0.222. The van der Waals surface area contributed by atoms with Crippen LogP contribution in [0.3, 0.4) is 0 Å². The van der Waals surface area contributed by atoms with E-state index < -0.39 is 30.4 Å². The van der Waals surface area contributed by atoms with Gasteiger partial charge in [-0.2, -0.15) is 0 Å². The number of carbonyl (C=O) groups is 3. The second kappa shape index (κ2) is 13.3. The molecule has 2 amide bonds. The molecule has 3 aromatic carbocycles. The van der Waals surface area contributed by atoms with Crippen molar-refractivity contribution in [1.82, 2.24) is 10.6 Å². The zero-order valence-electron chi connectivity index (χ0n) is 19.4. The maximum atomic E-state index is 13.0. The maximum absolute atomic E-state index is 13.0. The molecule has 8 nitrogen and oxygen atoms in total. The van der Waals surface area contributed by atoms with E-state index in [1.807, 2.05) is 12.1 Å². The van der Waals surface area contributed by atoms with Crippen LogP contribution in [0.15, 0.2) is 72.8 Å². The first-order valence-electron chi connectivity index (χ1n) is 11.4. The van der Waals surface area contributed by atoms with Crippen LogP contribution in [0.2, 0.25) is 5.02 Å². The molecule has 3 rings (SSSR count). The van der Waals surface area contributed by atoms with Gasteiger partial charge in [-0.25, -0.2) is 0 Å². The van der Waals surface area contributed by atoms with E-state index in [0.29, 0.717) is 29.3 Å². The Balaban J connectivity index is 1.64. The van der Waals surface area contributed by atoms with Crippen LogP contribution in [0.25, 0.3) is 0 Å². The highest BCUT2D eigenvalue weighted by molar-refractivity contribution is 6.30. The number of aliphatic hydroxyl groups is 1. The van der Waals surface area contributed by atoms with Crippen molar-refractivity contribution in [2.24, 2.45) is 0 Å². The number of aliphatic carboxylic acids is 1. The molecule has 0 radical (unpaired) electrons. The molecular weight excluding hydrogens is 484 g/mol. The van der Waals surface area contributed by atoms with Gasteiger partial charge in [0.25, 0.3) is 5.91 Å². The Labute approximate surface area is 213 Å². The molecule has 188 valence electrons. The van der Waals surface area contributed by atoms with E-state index in [4.69, 9.17) is 21.4 Å². The molecule has 3 aromatic rings. The lowest BCUT2D eigenvalue weighted by atomic mass is 10.1. The molecule has 0 saturated heterocycles. The van der Waals surface area contributed by atoms with Crippen molar-refractivity contribution >= 4 is 29.4 Å². The van der Waals surface area contributed by atoms with Crippen molar-refractivity contribution in [1.29, 1.82) is 0 Å². The molecule has 0 aliphatic heterocycles. The average molecular weight is 511 g/mol. The Morgan fingerprint density at radius 3 is 2.25 bits per heavy atom. The van der Waals surface area contributed by atoms with Gasteiger partial charge in [0.05, 0.1) is 12.2 Å². The molecule has 0 aromatic heterocycles. The summed E-state index contributed by atoms with van der Waals surface area (Å²) in [7, 11) is 0. The van der Waals surface area contributed by atoms with Gasteiger partial charge in [0, 0.05) is 18.0 Å². The minimum Gasteiger partial charge on any atom is -0.481 e. The SMILES string of the molecule is O=C(O)CCc1ccccc1Oc1ccccc1C(=O)N[C@@H](CO)C(=O)NCCc1ccc(Cl)cc1. The summed E-state index contributed by atoms with van der Waals surface area (Å²) in [6, 6.07) is 19.6. The predicted octanol–water partition coefficient (Wildman–Crippen LogP) is 3.60. The highest BCUT2D eigenvalue weighted by atomic mass is 35.5. The summed E-state index contributed by atoms with van der Waals surface area (Å²) >= 11 is 5.88. The molecule has 9 heteroatoms. The Hall–Kier alpha value is -3.88. The Kier molecular flexibility index (Phi) is 9.85. The zero-order chi connectivity index (χ0) is 25.9. The molecule has 36 heavy (non-hydrogen) atoms. The van der Waals surface area contributed by atoms with Gasteiger partial charge in [0.2, 0.25) is 5.91 Å². The molecule has 0 bridgehead atoms. The number of carboxylic acids is 1. The van der Waals surface area contributed by atoms with Crippen LogP contribution in [-0.2, 0) is 22.4 Å². The topological polar surface area (TPSA) is 125 Å². The third kappa shape index (κ3) is 7.83. The van der Waals surface area contributed by atoms with Crippen molar-refractivity contribution in [3.8, 4) is 11.5 Å². The van der Waals surface area contributed by atoms with Gasteiger partial charge in [-0.1, -0.05) is 54.1 Å². The molecule has 0 saturated carbocycles. The second-order valence-electron chi connectivity index (χ2n) is 7.98. The van der Waals surface area contributed by atoms with Crippen LogP contribution in [-0.4, -0.2) is 47.2 Å².